The summed E-state index contributed by atoms with van der Waals surface area (Å²) in [5.41, 5.74) is -0.0374. The Morgan fingerprint density at radius 3 is 2.53 bits per heavy atom. The molecule has 4 heteroatoms. The number of carbonyl (C=O) groups excluding carboxylic acids is 2. The van der Waals surface area contributed by atoms with E-state index in [0.717, 1.165) is 0 Å². The van der Waals surface area contributed by atoms with Gasteiger partial charge in [-0.1, -0.05) is 32.0 Å². The summed E-state index contributed by atoms with van der Waals surface area (Å²) in [4.78, 5) is 23.3. The number of carbonyl (C=O) groups is 2. The van der Waals surface area contributed by atoms with Gasteiger partial charge in [0.2, 0.25) is 6.10 Å². The third kappa shape index (κ3) is 2.30. The lowest BCUT2D eigenvalue weighted by Crippen LogP contribution is -2.34. The van der Waals surface area contributed by atoms with E-state index in [9.17, 15) is 9.59 Å². The predicted molar refractivity (Wildman–Crippen MR) is 60.4 cm³/mol. The first-order valence-electron chi connectivity index (χ1n) is 5.43. The Morgan fingerprint density at radius 1 is 1.35 bits per heavy atom. The largest absolute Gasteiger partial charge is 0.462 e. The van der Waals surface area contributed by atoms with Crippen molar-refractivity contribution >= 4 is 11.9 Å². The van der Waals surface area contributed by atoms with Gasteiger partial charge in [0.25, 0.3) is 0 Å². The fourth-order valence-corrected chi connectivity index (χ4v) is 1.68. The zero-order chi connectivity index (χ0) is 12.5. The van der Waals surface area contributed by atoms with Gasteiger partial charge in [-0.05, 0) is 12.1 Å². The number of benzene rings is 1. The zero-order valence-corrected chi connectivity index (χ0v) is 9.80. The summed E-state index contributed by atoms with van der Waals surface area (Å²) in [5, 5.41) is 0. The van der Waals surface area contributed by atoms with E-state index in [1.165, 1.54) is 0 Å². The van der Waals surface area contributed by atoms with Crippen molar-refractivity contribution < 1.29 is 19.1 Å². The summed E-state index contributed by atoms with van der Waals surface area (Å²) in [7, 11) is 0. The molecule has 1 saturated heterocycles. The van der Waals surface area contributed by atoms with E-state index in [0.29, 0.717) is 5.56 Å². The van der Waals surface area contributed by atoms with Crippen molar-refractivity contribution in [3.8, 4) is 0 Å². The lowest BCUT2D eigenvalue weighted by atomic mass is 9.90. The molecule has 0 bridgehead atoms. The van der Waals surface area contributed by atoms with Crippen molar-refractivity contribution in [3.05, 3.63) is 35.9 Å². The second kappa shape index (κ2) is 4.20. The van der Waals surface area contributed by atoms with Crippen molar-refractivity contribution in [1.29, 1.82) is 0 Å². The normalized spacial score (nSPS) is 22.0. The van der Waals surface area contributed by atoms with Crippen LogP contribution in [0.3, 0.4) is 0 Å². The van der Waals surface area contributed by atoms with Crippen LogP contribution in [0.25, 0.3) is 0 Å². The van der Waals surface area contributed by atoms with E-state index in [4.69, 9.17) is 9.47 Å². The quantitative estimate of drug-likeness (QED) is 0.732. The molecule has 1 aliphatic heterocycles. The molecule has 0 saturated carbocycles. The Morgan fingerprint density at radius 2 is 2.00 bits per heavy atom. The van der Waals surface area contributed by atoms with Gasteiger partial charge in [-0.3, -0.25) is 0 Å². The third-order valence-electron chi connectivity index (χ3n) is 2.74. The average molecular weight is 234 g/mol. The number of esters is 2. The van der Waals surface area contributed by atoms with Crippen LogP contribution in [-0.2, 0) is 14.3 Å². The molecular formula is C13H14O4. The fraction of sp³-hybridized carbons (Fsp3) is 0.385. The van der Waals surface area contributed by atoms with Gasteiger partial charge in [-0.2, -0.15) is 0 Å². The molecule has 1 aromatic carbocycles. The number of ether oxygens (including phenoxy) is 2. The van der Waals surface area contributed by atoms with Gasteiger partial charge in [-0.15, -0.1) is 0 Å². The molecule has 0 radical (unpaired) electrons. The molecule has 0 aliphatic carbocycles. The topological polar surface area (TPSA) is 52.6 Å². The van der Waals surface area contributed by atoms with Crippen LogP contribution >= 0.6 is 0 Å². The Hall–Kier alpha value is -1.84. The minimum Gasteiger partial charge on any atom is -0.462 e. The summed E-state index contributed by atoms with van der Waals surface area (Å²) in [6.45, 7) is 3.94. The molecule has 1 fully saturated rings. The second-order valence-corrected chi connectivity index (χ2v) is 4.75. The highest BCUT2D eigenvalue weighted by molar-refractivity contribution is 5.91. The van der Waals surface area contributed by atoms with E-state index in [1.807, 2.05) is 19.9 Å². The van der Waals surface area contributed by atoms with Crippen LogP contribution in [0.5, 0.6) is 0 Å². The molecule has 0 aromatic heterocycles. The van der Waals surface area contributed by atoms with E-state index in [2.05, 4.69) is 0 Å². The van der Waals surface area contributed by atoms with Crippen molar-refractivity contribution in [2.75, 3.05) is 6.61 Å². The lowest BCUT2D eigenvalue weighted by Gasteiger charge is -2.21. The fourth-order valence-electron chi connectivity index (χ4n) is 1.68. The molecule has 4 nitrogen and oxygen atoms in total. The first-order chi connectivity index (χ1) is 8.00. The highest BCUT2D eigenvalue weighted by Gasteiger charge is 2.46. The molecule has 0 N–H and O–H groups in total. The molecule has 1 aromatic rings. The van der Waals surface area contributed by atoms with Gasteiger partial charge >= 0.3 is 11.9 Å². The van der Waals surface area contributed by atoms with E-state index >= 15 is 0 Å². The van der Waals surface area contributed by atoms with Crippen LogP contribution in [0, 0.1) is 5.41 Å². The minimum atomic E-state index is -0.824. The Bertz CT molecular complexity index is 436. The molecular weight excluding hydrogens is 220 g/mol. The first-order valence-corrected chi connectivity index (χ1v) is 5.43. The lowest BCUT2D eigenvalue weighted by molar-refractivity contribution is -0.145. The Balaban J connectivity index is 2.12. The van der Waals surface area contributed by atoms with Gasteiger partial charge < -0.3 is 9.47 Å². The van der Waals surface area contributed by atoms with E-state index in [-0.39, 0.29) is 6.61 Å². The maximum atomic E-state index is 11.8. The summed E-state index contributed by atoms with van der Waals surface area (Å²) in [6.07, 6.45) is -0.824. The molecule has 1 aliphatic rings. The predicted octanol–water partition coefficient (Wildman–Crippen LogP) is 1.79. The summed E-state index contributed by atoms with van der Waals surface area (Å²) in [6, 6.07) is 8.60. The highest BCUT2D eigenvalue weighted by Crippen LogP contribution is 2.31. The van der Waals surface area contributed by atoms with Crippen LogP contribution in [-0.4, -0.2) is 24.6 Å². The van der Waals surface area contributed by atoms with Crippen molar-refractivity contribution in [1.82, 2.24) is 0 Å². The Labute approximate surface area is 99.5 Å². The van der Waals surface area contributed by atoms with Gasteiger partial charge in [0.05, 0.1) is 5.56 Å². The van der Waals surface area contributed by atoms with Crippen LogP contribution < -0.4 is 0 Å². The maximum Gasteiger partial charge on any atom is 0.348 e. The zero-order valence-electron chi connectivity index (χ0n) is 9.80. The molecule has 90 valence electrons. The number of hydrogen-bond donors (Lipinski definition) is 0. The molecule has 2 rings (SSSR count). The van der Waals surface area contributed by atoms with Crippen molar-refractivity contribution in [2.24, 2.45) is 5.41 Å². The molecule has 17 heavy (non-hydrogen) atoms. The summed E-state index contributed by atoms with van der Waals surface area (Å²) in [5.74, 6) is -0.971. The van der Waals surface area contributed by atoms with Gasteiger partial charge in [0.15, 0.2) is 0 Å². The summed E-state index contributed by atoms with van der Waals surface area (Å²) >= 11 is 0. The SMILES string of the molecule is CC1(C)COC(=O)[C@H]1OC(=O)c1ccccc1. The number of cyclic esters (lactones) is 1. The smallest absolute Gasteiger partial charge is 0.348 e. The molecule has 1 atom stereocenters. The second-order valence-electron chi connectivity index (χ2n) is 4.75. The molecule has 0 unspecified atom stereocenters. The van der Waals surface area contributed by atoms with E-state index in [1.54, 1.807) is 24.3 Å². The standard InChI is InChI=1S/C13H14O4/c1-13(2)8-16-12(15)10(13)17-11(14)9-6-4-3-5-7-9/h3-7,10H,8H2,1-2H3/t10-/m1/s1. The van der Waals surface area contributed by atoms with Gasteiger partial charge in [0.1, 0.15) is 6.61 Å². The van der Waals surface area contributed by atoms with Crippen LogP contribution in [0.4, 0.5) is 0 Å². The molecule has 0 spiro atoms. The average Bonchev–Trinajstić information content (AvgIpc) is 2.57. The third-order valence-corrected chi connectivity index (χ3v) is 2.74. The van der Waals surface area contributed by atoms with Crippen LogP contribution in [0.15, 0.2) is 30.3 Å². The van der Waals surface area contributed by atoms with Crippen LogP contribution in [0.1, 0.15) is 24.2 Å². The van der Waals surface area contributed by atoms with E-state index < -0.39 is 23.5 Å². The Kier molecular flexibility index (Phi) is 2.88. The maximum absolute atomic E-state index is 11.8. The van der Waals surface area contributed by atoms with Crippen molar-refractivity contribution in [3.63, 3.8) is 0 Å². The number of hydrogen-bond acceptors (Lipinski definition) is 4. The summed E-state index contributed by atoms with van der Waals surface area (Å²) < 4.78 is 10.1. The number of rotatable bonds is 2. The minimum absolute atomic E-state index is 0.276. The van der Waals surface area contributed by atoms with Gasteiger partial charge in [0, 0.05) is 5.41 Å². The first kappa shape index (κ1) is 11.6. The molecule has 0 amide bonds. The van der Waals surface area contributed by atoms with Crippen LogP contribution in [0.2, 0.25) is 0 Å². The van der Waals surface area contributed by atoms with Crippen molar-refractivity contribution in [2.45, 2.75) is 20.0 Å². The molecule has 1 heterocycles. The highest BCUT2D eigenvalue weighted by atomic mass is 16.6. The monoisotopic (exact) mass is 234 g/mol. The van der Waals surface area contributed by atoms with Gasteiger partial charge in [-0.25, -0.2) is 9.59 Å².